The molecule has 0 saturated heterocycles. The standard InChI is InChI=1S/C21H18Cl2FN7O2/c1-12(18-14(22)2-3-15(24)19(18)23)33-31-17-5-4-16(27-20(17)28-21(31)32)13-10-26-30(11-13)29-8-6-25-7-9-29/h2-6,10-12H,7-9H2,1H3,(H,27,28,32). The first-order valence-corrected chi connectivity index (χ1v) is 10.9. The zero-order chi connectivity index (χ0) is 23.1. The van der Waals surface area contributed by atoms with Crippen molar-refractivity contribution < 1.29 is 9.23 Å². The zero-order valence-electron chi connectivity index (χ0n) is 17.4. The second-order valence-corrected chi connectivity index (χ2v) is 8.23. The van der Waals surface area contributed by atoms with Gasteiger partial charge in [-0.1, -0.05) is 23.2 Å². The highest BCUT2D eigenvalue weighted by Gasteiger charge is 2.21. The average Bonchev–Trinajstić information content (AvgIpc) is 3.42. The fourth-order valence-corrected chi connectivity index (χ4v) is 4.33. The number of aromatic nitrogens is 5. The van der Waals surface area contributed by atoms with Crippen molar-refractivity contribution in [2.75, 3.05) is 24.6 Å². The van der Waals surface area contributed by atoms with E-state index < -0.39 is 17.6 Å². The van der Waals surface area contributed by atoms with Crippen LogP contribution in [0.3, 0.4) is 0 Å². The predicted octanol–water partition coefficient (Wildman–Crippen LogP) is 3.25. The number of hydrogen-bond acceptors (Lipinski definition) is 6. The lowest BCUT2D eigenvalue weighted by atomic mass is 10.1. The molecule has 0 bridgehead atoms. The highest BCUT2D eigenvalue weighted by atomic mass is 35.5. The summed E-state index contributed by atoms with van der Waals surface area (Å²) in [5.74, 6) is -0.624. The van der Waals surface area contributed by atoms with Crippen LogP contribution in [-0.2, 0) is 0 Å². The van der Waals surface area contributed by atoms with Gasteiger partial charge >= 0.3 is 5.69 Å². The van der Waals surface area contributed by atoms with Crippen LogP contribution in [0, 0.1) is 5.82 Å². The number of hydrogen-bond donors (Lipinski definition) is 1. The molecule has 0 amide bonds. The third-order valence-corrected chi connectivity index (χ3v) is 6.03. The number of nitrogens with zero attached hydrogens (tertiary/aromatic N) is 6. The van der Waals surface area contributed by atoms with Gasteiger partial charge in [0.15, 0.2) is 11.8 Å². The number of nitrogens with one attached hydrogen (secondary N) is 1. The SMILES string of the molecule is CC(On1c(=O)[nH]c2nc(-c3cnn(N4CC=NCC4)c3)ccc21)c1c(Cl)ccc(F)c1Cl. The van der Waals surface area contributed by atoms with Gasteiger partial charge in [-0.15, -0.1) is 4.73 Å². The minimum absolute atomic E-state index is 0.153. The van der Waals surface area contributed by atoms with E-state index in [1.165, 1.54) is 12.1 Å². The van der Waals surface area contributed by atoms with Gasteiger partial charge in [0.2, 0.25) is 0 Å². The van der Waals surface area contributed by atoms with Crippen molar-refractivity contribution in [3.63, 3.8) is 0 Å². The molecule has 0 saturated carbocycles. The van der Waals surface area contributed by atoms with Gasteiger partial charge in [-0.3, -0.25) is 15.0 Å². The van der Waals surface area contributed by atoms with Gasteiger partial charge < -0.3 is 4.84 Å². The monoisotopic (exact) mass is 489 g/mol. The molecule has 0 fully saturated rings. The fourth-order valence-electron chi connectivity index (χ4n) is 3.65. The van der Waals surface area contributed by atoms with Crippen LogP contribution in [-0.4, -0.2) is 50.4 Å². The quantitative estimate of drug-likeness (QED) is 0.434. The Kier molecular flexibility index (Phi) is 5.55. The molecule has 0 radical (unpaired) electrons. The number of benzene rings is 1. The summed E-state index contributed by atoms with van der Waals surface area (Å²) in [4.78, 5) is 31.6. The second kappa shape index (κ2) is 8.53. The lowest BCUT2D eigenvalue weighted by molar-refractivity contribution is 0.0492. The van der Waals surface area contributed by atoms with E-state index in [1.807, 2.05) is 17.4 Å². The van der Waals surface area contributed by atoms with Crippen LogP contribution in [0.15, 0.2) is 46.4 Å². The van der Waals surface area contributed by atoms with E-state index in [2.05, 4.69) is 20.1 Å². The Labute approximate surface area is 197 Å². The van der Waals surface area contributed by atoms with E-state index in [0.717, 1.165) is 23.4 Å². The lowest BCUT2D eigenvalue weighted by Crippen LogP contribution is -2.40. The number of pyridine rings is 1. The molecule has 1 atom stereocenters. The molecular formula is C21H18Cl2FN7O2. The summed E-state index contributed by atoms with van der Waals surface area (Å²) in [6.07, 6.45) is 4.63. The molecule has 12 heteroatoms. The van der Waals surface area contributed by atoms with Crippen LogP contribution in [0.4, 0.5) is 4.39 Å². The highest BCUT2D eigenvalue weighted by Crippen LogP contribution is 2.33. The molecule has 3 aromatic heterocycles. The molecule has 170 valence electrons. The first kappa shape index (κ1) is 21.5. The third kappa shape index (κ3) is 3.96. The van der Waals surface area contributed by atoms with Crippen molar-refractivity contribution in [2.24, 2.45) is 4.99 Å². The smallest absolute Gasteiger partial charge is 0.360 e. The molecule has 5 rings (SSSR count). The van der Waals surface area contributed by atoms with Gasteiger partial charge in [0.25, 0.3) is 0 Å². The molecule has 1 aliphatic heterocycles. The van der Waals surface area contributed by atoms with Crippen molar-refractivity contribution in [1.82, 2.24) is 24.6 Å². The summed E-state index contributed by atoms with van der Waals surface area (Å²) in [6, 6.07) is 6.04. The van der Waals surface area contributed by atoms with Crippen molar-refractivity contribution in [1.29, 1.82) is 0 Å². The topological polar surface area (TPSA) is 93.3 Å². The molecule has 4 heterocycles. The second-order valence-electron chi connectivity index (χ2n) is 7.44. The van der Waals surface area contributed by atoms with Gasteiger partial charge in [0, 0.05) is 22.4 Å². The number of fused-ring (bicyclic) bond motifs is 1. The summed E-state index contributed by atoms with van der Waals surface area (Å²) < 4.78 is 15.0. The van der Waals surface area contributed by atoms with Crippen molar-refractivity contribution in [2.45, 2.75) is 13.0 Å². The lowest BCUT2D eigenvalue weighted by Gasteiger charge is -2.24. The van der Waals surface area contributed by atoms with Crippen LogP contribution in [0.2, 0.25) is 10.0 Å². The van der Waals surface area contributed by atoms with Crippen LogP contribution in [0.1, 0.15) is 18.6 Å². The van der Waals surface area contributed by atoms with E-state index >= 15 is 0 Å². The van der Waals surface area contributed by atoms with Crippen LogP contribution in [0.5, 0.6) is 0 Å². The molecule has 1 aliphatic rings. The maximum Gasteiger partial charge on any atom is 0.360 e. The Morgan fingerprint density at radius 3 is 2.88 bits per heavy atom. The molecule has 0 aliphatic carbocycles. The van der Waals surface area contributed by atoms with E-state index in [0.29, 0.717) is 23.4 Å². The Balaban J connectivity index is 1.44. The summed E-state index contributed by atoms with van der Waals surface area (Å²) >= 11 is 12.3. The number of imidazole rings is 1. The summed E-state index contributed by atoms with van der Waals surface area (Å²) in [5, 5.41) is 6.53. The van der Waals surface area contributed by atoms with Gasteiger partial charge in [-0.25, -0.2) is 14.2 Å². The largest absolute Gasteiger partial charge is 0.401 e. The number of rotatable bonds is 5. The Morgan fingerprint density at radius 1 is 1.24 bits per heavy atom. The number of H-pyrrole nitrogens is 1. The normalized spacial score (nSPS) is 14.7. The molecule has 0 spiro atoms. The Morgan fingerprint density at radius 2 is 2.09 bits per heavy atom. The maximum atomic E-state index is 13.9. The molecule has 1 aromatic carbocycles. The number of aromatic amines is 1. The number of halogens is 3. The van der Waals surface area contributed by atoms with Gasteiger partial charge in [0.1, 0.15) is 11.3 Å². The summed E-state index contributed by atoms with van der Waals surface area (Å²) in [6.45, 7) is 3.80. The third-order valence-electron chi connectivity index (χ3n) is 5.32. The zero-order valence-corrected chi connectivity index (χ0v) is 18.9. The first-order valence-electron chi connectivity index (χ1n) is 10.1. The summed E-state index contributed by atoms with van der Waals surface area (Å²) in [5.41, 5.74) is 1.89. The molecule has 9 nitrogen and oxygen atoms in total. The Hall–Kier alpha value is -3.37. The van der Waals surface area contributed by atoms with E-state index in [1.54, 1.807) is 30.0 Å². The minimum Gasteiger partial charge on any atom is -0.401 e. The Bertz CT molecular complexity index is 1430. The minimum atomic E-state index is -0.802. The van der Waals surface area contributed by atoms with Crippen molar-refractivity contribution in [3.8, 4) is 11.3 Å². The molecule has 4 aromatic rings. The highest BCUT2D eigenvalue weighted by molar-refractivity contribution is 6.36. The predicted molar refractivity (Wildman–Crippen MR) is 124 cm³/mol. The summed E-state index contributed by atoms with van der Waals surface area (Å²) in [7, 11) is 0. The van der Waals surface area contributed by atoms with E-state index in [4.69, 9.17) is 28.0 Å². The average molecular weight is 490 g/mol. The molecule has 1 N–H and O–H groups in total. The molecule has 1 unspecified atom stereocenters. The van der Waals surface area contributed by atoms with Gasteiger partial charge in [-0.05, 0) is 31.2 Å². The first-order chi connectivity index (χ1) is 15.9. The van der Waals surface area contributed by atoms with Crippen LogP contribution in [0.25, 0.3) is 22.4 Å². The maximum absolute atomic E-state index is 13.9. The molecule has 33 heavy (non-hydrogen) atoms. The van der Waals surface area contributed by atoms with Crippen LogP contribution >= 0.6 is 23.2 Å². The van der Waals surface area contributed by atoms with E-state index in [9.17, 15) is 9.18 Å². The number of aliphatic imine (C=N–C) groups is 1. The molecular weight excluding hydrogens is 472 g/mol. The van der Waals surface area contributed by atoms with Crippen molar-refractivity contribution in [3.05, 3.63) is 68.6 Å². The van der Waals surface area contributed by atoms with Gasteiger partial charge in [-0.2, -0.15) is 9.89 Å². The van der Waals surface area contributed by atoms with E-state index in [-0.39, 0.29) is 15.6 Å². The van der Waals surface area contributed by atoms with Crippen LogP contribution < -0.4 is 15.5 Å². The van der Waals surface area contributed by atoms with Crippen molar-refractivity contribution >= 4 is 40.6 Å². The fraction of sp³-hybridized carbons (Fsp3) is 0.238. The van der Waals surface area contributed by atoms with Gasteiger partial charge in [0.05, 0.1) is 42.7 Å².